The summed E-state index contributed by atoms with van der Waals surface area (Å²) < 4.78 is 0. The monoisotopic (exact) mass is 189 g/mol. The highest BCUT2D eigenvalue weighted by Crippen LogP contribution is 2.17. The Balaban J connectivity index is 2.88. The topological polar surface area (TPSA) is 71.8 Å². The van der Waals surface area contributed by atoms with Crippen molar-refractivity contribution in [3.8, 4) is 0 Å². The van der Waals surface area contributed by atoms with Crippen LogP contribution in [0.15, 0.2) is 29.3 Å². The van der Waals surface area contributed by atoms with Gasteiger partial charge in [0, 0.05) is 6.04 Å². The Morgan fingerprint density at radius 3 is 3.00 bits per heavy atom. The molecule has 0 aliphatic rings. The Morgan fingerprint density at radius 1 is 1.50 bits per heavy atom. The minimum absolute atomic E-state index is 0.118. The van der Waals surface area contributed by atoms with Crippen LogP contribution in [0.1, 0.15) is 18.5 Å². The molecule has 14 heavy (non-hydrogen) atoms. The second kappa shape index (κ2) is 3.23. The number of rotatable bonds is 1. The van der Waals surface area contributed by atoms with Crippen molar-refractivity contribution in [3.05, 3.63) is 40.4 Å². The van der Waals surface area contributed by atoms with E-state index in [-0.39, 0.29) is 11.6 Å². The fourth-order valence-electron chi connectivity index (χ4n) is 1.49. The Morgan fingerprint density at radius 2 is 2.29 bits per heavy atom. The summed E-state index contributed by atoms with van der Waals surface area (Å²) in [5.41, 5.74) is 7.23. The van der Waals surface area contributed by atoms with Gasteiger partial charge in [-0.3, -0.25) is 4.79 Å². The summed E-state index contributed by atoms with van der Waals surface area (Å²) in [5, 5.41) is 0.585. The van der Waals surface area contributed by atoms with E-state index >= 15 is 0 Å². The lowest BCUT2D eigenvalue weighted by Crippen LogP contribution is -2.11. The number of fused-ring (bicyclic) bond motifs is 1. The zero-order chi connectivity index (χ0) is 10.1. The number of hydrogen-bond donors (Lipinski definition) is 2. The first-order valence-electron chi connectivity index (χ1n) is 4.42. The van der Waals surface area contributed by atoms with Gasteiger partial charge >= 0.3 is 0 Å². The molecule has 0 radical (unpaired) electrons. The van der Waals surface area contributed by atoms with E-state index < -0.39 is 0 Å². The third-order valence-electron chi connectivity index (χ3n) is 2.19. The third-order valence-corrected chi connectivity index (χ3v) is 2.19. The highest BCUT2D eigenvalue weighted by atomic mass is 16.1. The summed E-state index contributed by atoms with van der Waals surface area (Å²) in [6.07, 6.45) is 1.40. The average Bonchev–Trinajstić information content (AvgIpc) is 2.17. The van der Waals surface area contributed by atoms with Crippen molar-refractivity contribution >= 4 is 10.9 Å². The molecule has 1 heterocycles. The molecule has 4 nitrogen and oxygen atoms in total. The number of nitrogens with zero attached hydrogens (tertiary/aromatic N) is 1. The molecule has 1 aromatic heterocycles. The van der Waals surface area contributed by atoms with Crippen molar-refractivity contribution in [1.82, 2.24) is 9.97 Å². The number of aromatic nitrogens is 2. The summed E-state index contributed by atoms with van der Waals surface area (Å²) in [5.74, 6) is 0. The normalized spacial score (nSPS) is 13.0. The van der Waals surface area contributed by atoms with E-state index in [0.29, 0.717) is 10.9 Å². The van der Waals surface area contributed by atoms with Crippen LogP contribution >= 0.6 is 0 Å². The van der Waals surface area contributed by atoms with E-state index in [2.05, 4.69) is 9.97 Å². The van der Waals surface area contributed by atoms with Gasteiger partial charge in [-0.25, -0.2) is 4.98 Å². The fourth-order valence-corrected chi connectivity index (χ4v) is 1.49. The number of para-hydroxylation sites is 1. The van der Waals surface area contributed by atoms with E-state index in [1.54, 1.807) is 6.07 Å². The van der Waals surface area contributed by atoms with Crippen molar-refractivity contribution in [1.29, 1.82) is 0 Å². The molecule has 2 rings (SSSR count). The van der Waals surface area contributed by atoms with Gasteiger partial charge in [-0.15, -0.1) is 0 Å². The molecule has 1 aromatic carbocycles. The van der Waals surface area contributed by atoms with E-state index in [1.165, 1.54) is 6.33 Å². The molecule has 0 bridgehead atoms. The van der Waals surface area contributed by atoms with E-state index in [4.69, 9.17) is 5.73 Å². The number of nitrogens with two attached hydrogens (primary N) is 1. The molecule has 0 saturated carbocycles. The van der Waals surface area contributed by atoms with Crippen molar-refractivity contribution < 1.29 is 0 Å². The van der Waals surface area contributed by atoms with Crippen LogP contribution in [0.4, 0.5) is 0 Å². The van der Waals surface area contributed by atoms with Gasteiger partial charge in [-0.1, -0.05) is 12.1 Å². The van der Waals surface area contributed by atoms with Crippen LogP contribution in [0.2, 0.25) is 0 Å². The Hall–Kier alpha value is -1.68. The van der Waals surface area contributed by atoms with Crippen LogP contribution in [-0.2, 0) is 0 Å². The van der Waals surface area contributed by atoms with Gasteiger partial charge in [-0.05, 0) is 18.6 Å². The van der Waals surface area contributed by atoms with Gasteiger partial charge in [0.2, 0.25) is 0 Å². The molecule has 1 unspecified atom stereocenters. The molecule has 1 atom stereocenters. The molecule has 0 aliphatic carbocycles. The fraction of sp³-hybridized carbons (Fsp3) is 0.200. The lowest BCUT2D eigenvalue weighted by Gasteiger charge is -2.07. The maximum Gasteiger partial charge on any atom is 0.258 e. The Labute approximate surface area is 80.8 Å². The molecule has 4 heteroatoms. The molecule has 2 aromatic rings. The van der Waals surface area contributed by atoms with E-state index in [9.17, 15) is 4.79 Å². The second-order valence-electron chi connectivity index (χ2n) is 3.26. The van der Waals surface area contributed by atoms with Crippen LogP contribution in [0, 0.1) is 0 Å². The molecule has 0 aliphatic heterocycles. The van der Waals surface area contributed by atoms with E-state index in [1.807, 2.05) is 19.1 Å². The summed E-state index contributed by atoms with van der Waals surface area (Å²) >= 11 is 0. The Bertz CT molecular complexity index is 516. The van der Waals surface area contributed by atoms with Crippen molar-refractivity contribution in [2.75, 3.05) is 0 Å². The minimum Gasteiger partial charge on any atom is -0.324 e. The van der Waals surface area contributed by atoms with Crippen molar-refractivity contribution in [3.63, 3.8) is 0 Å². The maximum atomic E-state index is 11.4. The molecule has 0 spiro atoms. The van der Waals surface area contributed by atoms with Crippen molar-refractivity contribution in [2.24, 2.45) is 5.73 Å². The first kappa shape index (κ1) is 8.90. The standard InChI is InChI=1S/C10H11N3O/c1-6(11)7-3-2-4-8-9(7)12-5-13-10(8)14/h2-6H,11H2,1H3,(H,12,13,14). The second-order valence-corrected chi connectivity index (χ2v) is 3.26. The molecule has 0 fully saturated rings. The predicted molar refractivity (Wildman–Crippen MR) is 55.0 cm³/mol. The summed E-state index contributed by atoms with van der Waals surface area (Å²) in [6, 6.07) is 5.33. The highest BCUT2D eigenvalue weighted by molar-refractivity contribution is 5.80. The average molecular weight is 189 g/mol. The van der Waals surface area contributed by atoms with Crippen LogP contribution in [-0.4, -0.2) is 9.97 Å². The van der Waals surface area contributed by atoms with Gasteiger partial charge in [0.1, 0.15) is 0 Å². The number of aromatic amines is 1. The smallest absolute Gasteiger partial charge is 0.258 e. The first-order valence-corrected chi connectivity index (χ1v) is 4.42. The number of H-pyrrole nitrogens is 1. The zero-order valence-electron chi connectivity index (χ0n) is 7.82. The van der Waals surface area contributed by atoms with Gasteiger partial charge < -0.3 is 10.7 Å². The van der Waals surface area contributed by atoms with Gasteiger partial charge in [0.25, 0.3) is 5.56 Å². The first-order chi connectivity index (χ1) is 6.70. The molecular weight excluding hydrogens is 178 g/mol. The van der Waals surface area contributed by atoms with Crippen LogP contribution < -0.4 is 11.3 Å². The lowest BCUT2D eigenvalue weighted by atomic mass is 10.1. The number of nitrogens with one attached hydrogen (secondary N) is 1. The predicted octanol–water partition coefficient (Wildman–Crippen LogP) is 0.943. The maximum absolute atomic E-state index is 11.4. The molecule has 3 N–H and O–H groups in total. The number of benzene rings is 1. The molecule has 72 valence electrons. The minimum atomic E-state index is -0.127. The highest BCUT2D eigenvalue weighted by Gasteiger charge is 2.07. The van der Waals surface area contributed by atoms with E-state index in [0.717, 1.165) is 5.56 Å². The largest absolute Gasteiger partial charge is 0.324 e. The lowest BCUT2D eigenvalue weighted by molar-refractivity contribution is 0.823. The summed E-state index contributed by atoms with van der Waals surface area (Å²) in [6.45, 7) is 1.87. The molecule has 0 saturated heterocycles. The summed E-state index contributed by atoms with van der Waals surface area (Å²) in [4.78, 5) is 18.1. The van der Waals surface area contributed by atoms with Crippen LogP contribution in [0.25, 0.3) is 10.9 Å². The van der Waals surface area contributed by atoms with Gasteiger partial charge in [0.15, 0.2) is 0 Å². The Kier molecular flexibility index (Phi) is 2.05. The zero-order valence-corrected chi connectivity index (χ0v) is 7.82. The third kappa shape index (κ3) is 1.29. The van der Waals surface area contributed by atoms with Gasteiger partial charge in [0.05, 0.1) is 17.2 Å². The quantitative estimate of drug-likeness (QED) is 0.701. The SMILES string of the molecule is CC(N)c1cccc2c(=O)[nH]cnc12. The van der Waals surface area contributed by atoms with Crippen LogP contribution in [0.3, 0.4) is 0 Å². The molecular formula is C10H11N3O. The van der Waals surface area contributed by atoms with Crippen molar-refractivity contribution in [2.45, 2.75) is 13.0 Å². The number of hydrogen-bond acceptors (Lipinski definition) is 3. The summed E-state index contributed by atoms with van der Waals surface area (Å²) in [7, 11) is 0. The van der Waals surface area contributed by atoms with Crippen LogP contribution in [0.5, 0.6) is 0 Å². The molecule has 0 amide bonds. The van der Waals surface area contributed by atoms with Gasteiger partial charge in [-0.2, -0.15) is 0 Å².